The van der Waals surface area contributed by atoms with Crippen molar-refractivity contribution in [3.63, 3.8) is 0 Å². The predicted molar refractivity (Wildman–Crippen MR) is 113 cm³/mol. The normalized spacial score (nSPS) is 21.6. The second kappa shape index (κ2) is 8.02. The molecule has 0 radical (unpaired) electrons. The third kappa shape index (κ3) is 3.63. The average Bonchev–Trinajstić information content (AvgIpc) is 3.12. The van der Waals surface area contributed by atoms with Crippen LogP contribution in [0.1, 0.15) is 35.3 Å². The number of pyridine rings is 2. The van der Waals surface area contributed by atoms with Crippen LogP contribution in [-0.2, 0) is 11.3 Å². The number of rotatable bonds is 3. The molecule has 0 aromatic carbocycles. The lowest BCUT2D eigenvalue weighted by molar-refractivity contribution is -0.117. The Labute approximate surface area is 175 Å². The van der Waals surface area contributed by atoms with Crippen LogP contribution in [0.4, 0.5) is 11.5 Å². The lowest BCUT2D eigenvalue weighted by Gasteiger charge is -2.30. The molecule has 3 aliphatic heterocycles. The van der Waals surface area contributed by atoms with E-state index in [1.165, 1.54) is 6.42 Å². The van der Waals surface area contributed by atoms with Crippen LogP contribution >= 0.6 is 0 Å². The van der Waals surface area contributed by atoms with E-state index < -0.39 is 0 Å². The smallest absolute Gasteiger partial charge is 0.255 e. The Morgan fingerprint density at radius 1 is 1.17 bits per heavy atom. The highest BCUT2D eigenvalue weighted by Crippen LogP contribution is 2.30. The quantitative estimate of drug-likeness (QED) is 0.836. The molecule has 1 atom stereocenters. The number of aromatic nitrogens is 2. The molecule has 5 rings (SSSR count). The van der Waals surface area contributed by atoms with Gasteiger partial charge in [0.05, 0.1) is 30.0 Å². The minimum absolute atomic E-state index is 0.00476. The van der Waals surface area contributed by atoms with Crippen LogP contribution in [0.25, 0.3) is 0 Å². The van der Waals surface area contributed by atoms with Crippen molar-refractivity contribution in [2.24, 2.45) is 0 Å². The molecule has 30 heavy (non-hydrogen) atoms. The minimum atomic E-state index is -0.0593. The van der Waals surface area contributed by atoms with E-state index in [2.05, 4.69) is 20.2 Å². The number of nitrogens with zero attached hydrogens (tertiary/aromatic N) is 5. The second-order valence-corrected chi connectivity index (χ2v) is 8.18. The fourth-order valence-corrected chi connectivity index (χ4v) is 4.70. The number of hydrogen-bond donors (Lipinski definition) is 1. The fourth-order valence-electron chi connectivity index (χ4n) is 4.70. The van der Waals surface area contributed by atoms with Gasteiger partial charge in [-0.1, -0.05) is 6.07 Å². The first kappa shape index (κ1) is 19.0. The first-order valence-electron chi connectivity index (χ1n) is 10.7. The first-order chi connectivity index (χ1) is 14.7. The van der Waals surface area contributed by atoms with Crippen LogP contribution in [0, 0.1) is 0 Å². The van der Waals surface area contributed by atoms with Gasteiger partial charge in [-0.25, -0.2) is 4.98 Å². The van der Waals surface area contributed by atoms with Crippen molar-refractivity contribution in [3.05, 3.63) is 47.9 Å². The summed E-state index contributed by atoms with van der Waals surface area (Å²) in [4.78, 5) is 40.9. The van der Waals surface area contributed by atoms with Crippen LogP contribution in [0.5, 0.6) is 0 Å². The summed E-state index contributed by atoms with van der Waals surface area (Å²) in [5.74, 6) is 0.561. The van der Waals surface area contributed by atoms with Gasteiger partial charge in [0, 0.05) is 38.1 Å². The summed E-state index contributed by atoms with van der Waals surface area (Å²) in [7, 11) is 0. The summed E-state index contributed by atoms with van der Waals surface area (Å²) in [5.41, 5.74) is 1.96. The number of amides is 2. The second-order valence-electron chi connectivity index (χ2n) is 8.18. The molecule has 8 nitrogen and oxygen atoms in total. The summed E-state index contributed by atoms with van der Waals surface area (Å²) >= 11 is 0. The standard InChI is InChI=1S/C22H26N6O2/c29-20-13-25-21-19(28(20)14-17-5-1-2-7-23-17)11-16(12-24-21)22(30)27-10-4-9-26-8-3-6-18(26)15-27/h1-2,5,7,11-12,18H,3-4,6,8-10,13-15H2,(H,24,25)/t18-/m0/s1. The van der Waals surface area contributed by atoms with E-state index in [1.54, 1.807) is 23.4 Å². The van der Waals surface area contributed by atoms with Gasteiger partial charge in [0.25, 0.3) is 5.91 Å². The zero-order valence-electron chi connectivity index (χ0n) is 17.0. The molecule has 5 heterocycles. The number of anilines is 2. The summed E-state index contributed by atoms with van der Waals surface area (Å²) in [6.07, 6.45) is 6.70. The molecule has 0 unspecified atom stereocenters. The highest BCUT2D eigenvalue weighted by molar-refractivity contribution is 6.04. The molecule has 2 saturated heterocycles. The van der Waals surface area contributed by atoms with Gasteiger partial charge in [-0.3, -0.25) is 19.5 Å². The number of carbonyl (C=O) groups is 2. The minimum Gasteiger partial charge on any atom is -0.359 e. The molecule has 0 aliphatic carbocycles. The Bertz CT molecular complexity index is 950. The van der Waals surface area contributed by atoms with Crippen molar-refractivity contribution in [2.75, 3.05) is 42.9 Å². The topological polar surface area (TPSA) is 81.7 Å². The largest absolute Gasteiger partial charge is 0.359 e. The van der Waals surface area contributed by atoms with Gasteiger partial charge in [0.2, 0.25) is 5.91 Å². The number of fused-ring (bicyclic) bond motifs is 2. The van der Waals surface area contributed by atoms with Crippen LogP contribution in [-0.4, -0.2) is 70.3 Å². The van der Waals surface area contributed by atoms with Crippen molar-refractivity contribution >= 4 is 23.3 Å². The van der Waals surface area contributed by atoms with Crippen molar-refractivity contribution in [1.29, 1.82) is 0 Å². The van der Waals surface area contributed by atoms with Crippen molar-refractivity contribution in [1.82, 2.24) is 19.8 Å². The Morgan fingerprint density at radius 3 is 2.93 bits per heavy atom. The van der Waals surface area contributed by atoms with Gasteiger partial charge in [0.1, 0.15) is 0 Å². The van der Waals surface area contributed by atoms with Crippen LogP contribution < -0.4 is 10.2 Å². The van der Waals surface area contributed by atoms with Gasteiger partial charge >= 0.3 is 0 Å². The third-order valence-corrected chi connectivity index (χ3v) is 6.25. The molecule has 0 spiro atoms. The molecule has 3 aliphatic rings. The average molecular weight is 406 g/mol. The maximum Gasteiger partial charge on any atom is 0.255 e. The van der Waals surface area contributed by atoms with Gasteiger partial charge < -0.3 is 15.1 Å². The van der Waals surface area contributed by atoms with E-state index in [0.717, 1.165) is 44.7 Å². The van der Waals surface area contributed by atoms with Gasteiger partial charge in [-0.05, 0) is 44.0 Å². The zero-order chi connectivity index (χ0) is 20.5. The first-order valence-corrected chi connectivity index (χ1v) is 10.7. The number of carbonyl (C=O) groups excluding carboxylic acids is 2. The maximum atomic E-state index is 13.3. The van der Waals surface area contributed by atoms with E-state index >= 15 is 0 Å². The molecule has 2 fully saturated rings. The lowest BCUT2D eigenvalue weighted by atomic mass is 10.1. The highest BCUT2D eigenvalue weighted by Gasteiger charge is 2.32. The van der Waals surface area contributed by atoms with Crippen molar-refractivity contribution in [2.45, 2.75) is 31.8 Å². The van der Waals surface area contributed by atoms with Gasteiger partial charge in [-0.15, -0.1) is 0 Å². The van der Waals surface area contributed by atoms with Crippen LogP contribution in [0.15, 0.2) is 36.7 Å². The molecular weight excluding hydrogens is 380 g/mol. The highest BCUT2D eigenvalue weighted by atomic mass is 16.2. The summed E-state index contributed by atoms with van der Waals surface area (Å²) in [6.45, 7) is 4.28. The van der Waals surface area contributed by atoms with Gasteiger partial charge in [0.15, 0.2) is 5.82 Å². The monoisotopic (exact) mass is 406 g/mol. The maximum absolute atomic E-state index is 13.3. The van der Waals surface area contributed by atoms with E-state index in [-0.39, 0.29) is 18.4 Å². The number of hydrogen-bond acceptors (Lipinski definition) is 6. The SMILES string of the molecule is O=C(c1cnc2c(c1)N(Cc1ccccn1)C(=O)CN2)N1CCCN2CCC[C@H]2C1. The van der Waals surface area contributed by atoms with Crippen molar-refractivity contribution in [3.8, 4) is 0 Å². The Balaban J connectivity index is 1.40. The molecule has 0 saturated carbocycles. The predicted octanol–water partition coefficient (Wildman–Crippen LogP) is 1.75. The third-order valence-electron chi connectivity index (χ3n) is 6.25. The Kier molecular flexibility index (Phi) is 5.08. The molecule has 0 bridgehead atoms. The van der Waals surface area contributed by atoms with E-state index in [9.17, 15) is 9.59 Å². The molecule has 8 heteroatoms. The van der Waals surface area contributed by atoms with E-state index in [1.807, 2.05) is 23.1 Å². The molecule has 156 valence electrons. The van der Waals surface area contributed by atoms with E-state index in [4.69, 9.17) is 0 Å². The fraction of sp³-hybridized carbons (Fsp3) is 0.455. The number of nitrogens with one attached hydrogen (secondary N) is 1. The molecule has 2 aromatic heterocycles. The van der Waals surface area contributed by atoms with Crippen LogP contribution in [0.2, 0.25) is 0 Å². The lowest BCUT2D eigenvalue weighted by Crippen LogP contribution is -2.41. The molecule has 2 amide bonds. The van der Waals surface area contributed by atoms with E-state index in [0.29, 0.717) is 29.7 Å². The van der Waals surface area contributed by atoms with Crippen LogP contribution in [0.3, 0.4) is 0 Å². The summed E-state index contributed by atoms with van der Waals surface area (Å²) in [5, 5.41) is 3.06. The zero-order valence-corrected chi connectivity index (χ0v) is 17.0. The summed E-state index contributed by atoms with van der Waals surface area (Å²) in [6, 6.07) is 7.91. The molecular formula is C22H26N6O2. The summed E-state index contributed by atoms with van der Waals surface area (Å²) < 4.78 is 0. The van der Waals surface area contributed by atoms with Gasteiger partial charge in [-0.2, -0.15) is 0 Å². The molecule has 2 aromatic rings. The molecule has 1 N–H and O–H groups in total. The Hall–Kier alpha value is -3.00. The van der Waals surface area contributed by atoms with Crippen molar-refractivity contribution < 1.29 is 9.59 Å². The Morgan fingerprint density at radius 2 is 2.07 bits per heavy atom.